The molecule has 1 aliphatic rings. The van der Waals surface area contributed by atoms with Gasteiger partial charge in [-0.05, 0) is 19.3 Å². The summed E-state index contributed by atoms with van der Waals surface area (Å²) >= 11 is 0. The molecular formula is C13H23NO5. The average Bonchev–Trinajstić information content (AvgIpc) is 2.47. The molecule has 110 valence electrons. The molecule has 1 atom stereocenters. The Kier molecular flexibility index (Phi) is 7.43. The zero-order chi connectivity index (χ0) is 14.1. The summed E-state index contributed by atoms with van der Waals surface area (Å²) in [6, 6.07) is 0. The molecule has 0 aromatic heterocycles. The summed E-state index contributed by atoms with van der Waals surface area (Å²) in [7, 11) is 2.92. The van der Waals surface area contributed by atoms with Crippen LogP contribution in [0.2, 0.25) is 0 Å². The van der Waals surface area contributed by atoms with Crippen LogP contribution in [0.4, 0.5) is 0 Å². The number of methoxy groups -OCH3 is 2. The molecule has 1 amide bonds. The summed E-state index contributed by atoms with van der Waals surface area (Å²) in [5.41, 5.74) is 0. The van der Waals surface area contributed by atoms with E-state index in [4.69, 9.17) is 9.47 Å². The predicted octanol–water partition coefficient (Wildman–Crippen LogP) is 0.594. The van der Waals surface area contributed by atoms with Gasteiger partial charge in [0.1, 0.15) is 6.10 Å². The Bertz CT molecular complexity index is 289. The van der Waals surface area contributed by atoms with Crippen molar-refractivity contribution in [3.8, 4) is 0 Å². The third kappa shape index (κ3) is 5.57. The summed E-state index contributed by atoms with van der Waals surface area (Å²) in [5, 5.41) is 0. The summed E-state index contributed by atoms with van der Waals surface area (Å²) < 4.78 is 15.1. The maximum Gasteiger partial charge on any atom is 0.307 e. The highest BCUT2D eigenvalue weighted by atomic mass is 16.5. The number of nitrogens with zero attached hydrogens (tertiary/aromatic N) is 1. The van der Waals surface area contributed by atoms with E-state index in [0.29, 0.717) is 26.3 Å². The first-order valence-corrected chi connectivity index (χ1v) is 6.65. The smallest absolute Gasteiger partial charge is 0.307 e. The van der Waals surface area contributed by atoms with Crippen molar-refractivity contribution in [3.05, 3.63) is 0 Å². The van der Waals surface area contributed by atoms with Gasteiger partial charge in [0.05, 0.1) is 20.1 Å². The summed E-state index contributed by atoms with van der Waals surface area (Å²) in [5.74, 6) is -0.375. The molecule has 1 saturated heterocycles. The van der Waals surface area contributed by atoms with E-state index in [0.717, 1.165) is 19.3 Å². The lowest BCUT2D eigenvalue weighted by molar-refractivity contribution is -0.148. The quantitative estimate of drug-likeness (QED) is 0.635. The first-order chi connectivity index (χ1) is 9.19. The number of amides is 1. The third-order valence-corrected chi connectivity index (χ3v) is 3.15. The van der Waals surface area contributed by atoms with Gasteiger partial charge < -0.3 is 19.1 Å². The maximum absolute atomic E-state index is 12.3. The van der Waals surface area contributed by atoms with Crippen molar-refractivity contribution in [3.63, 3.8) is 0 Å². The average molecular weight is 273 g/mol. The Morgan fingerprint density at radius 2 is 2.05 bits per heavy atom. The summed E-state index contributed by atoms with van der Waals surface area (Å²) in [4.78, 5) is 25.1. The minimum absolute atomic E-state index is 0.0550. The maximum atomic E-state index is 12.3. The van der Waals surface area contributed by atoms with Crippen LogP contribution in [0.15, 0.2) is 0 Å². The highest BCUT2D eigenvalue weighted by molar-refractivity contribution is 5.81. The Balaban J connectivity index is 2.50. The summed E-state index contributed by atoms with van der Waals surface area (Å²) in [6.07, 6.45) is 2.58. The van der Waals surface area contributed by atoms with Gasteiger partial charge in [-0.2, -0.15) is 0 Å². The zero-order valence-corrected chi connectivity index (χ0v) is 11.7. The lowest BCUT2D eigenvalue weighted by Crippen LogP contribution is -2.44. The molecule has 1 fully saturated rings. The molecular weight excluding hydrogens is 250 g/mol. The Morgan fingerprint density at radius 1 is 1.26 bits per heavy atom. The monoisotopic (exact) mass is 273 g/mol. The van der Waals surface area contributed by atoms with Gasteiger partial charge in [-0.1, -0.05) is 0 Å². The van der Waals surface area contributed by atoms with Gasteiger partial charge in [0.2, 0.25) is 0 Å². The number of hydrogen-bond acceptors (Lipinski definition) is 5. The molecule has 1 heterocycles. The van der Waals surface area contributed by atoms with E-state index in [1.807, 2.05) is 0 Å². The van der Waals surface area contributed by atoms with Crippen LogP contribution in [0.5, 0.6) is 0 Å². The Labute approximate surface area is 114 Å². The SMILES string of the molecule is COCCN(CCC(=O)OC)C(=O)C1CCCCO1. The number of rotatable bonds is 7. The molecule has 1 aliphatic heterocycles. The molecule has 0 aromatic carbocycles. The second kappa shape index (κ2) is 8.87. The molecule has 0 N–H and O–H groups in total. The van der Waals surface area contributed by atoms with Gasteiger partial charge in [-0.3, -0.25) is 9.59 Å². The van der Waals surface area contributed by atoms with Gasteiger partial charge in [0, 0.05) is 26.8 Å². The van der Waals surface area contributed by atoms with Crippen molar-refractivity contribution in [2.45, 2.75) is 31.8 Å². The third-order valence-electron chi connectivity index (χ3n) is 3.15. The molecule has 0 radical (unpaired) electrons. The minimum atomic E-state index is -0.372. The van der Waals surface area contributed by atoms with Crippen molar-refractivity contribution >= 4 is 11.9 Å². The normalized spacial score (nSPS) is 18.9. The molecule has 1 unspecified atom stereocenters. The Hall–Kier alpha value is -1.14. The van der Waals surface area contributed by atoms with Gasteiger partial charge in [0.15, 0.2) is 0 Å². The number of carbonyl (C=O) groups excluding carboxylic acids is 2. The first kappa shape index (κ1) is 15.9. The van der Waals surface area contributed by atoms with Crippen LogP contribution in [0, 0.1) is 0 Å². The van der Waals surface area contributed by atoms with Crippen molar-refractivity contribution in [2.24, 2.45) is 0 Å². The molecule has 1 rings (SSSR count). The van der Waals surface area contributed by atoms with E-state index in [2.05, 4.69) is 4.74 Å². The van der Waals surface area contributed by atoms with Crippen molar-refractivity contribution in [1.82, 2.24) is 4.90 Å². The number of carbonyl (C=O) groups is 2. The second-order valence-electron chi connectivity index (χ2n) is 4.50. The number of esters is 1. The van der Waals surface area contributed by atoms with Crippen molar-refractivity contribution < 1.29 is 23.8 Å². The van der Waals surface area contributed by atoms with Crippen LogP contribution >= 0.6 is 0 Å². The molecule has 6 heteroatoms. The topological polar surface area (TPSA) is 65.1 Å². The van der Waals surface area contributed by atoms with Crippen LogP contribution in [0.1, 0.15) is 25.7 Å². The molecule has 6 nitrogen and oxygen atoms in total. The standard InChI is InChI=1S/C13H23NO5/c1-17-10-8-14(7-6-12(15)18-2)13(16)11-5-3-4-9-19-11/h11H,3-10H2,1-2H3. The van der Waals surface area contributed by atoms with Gasteiger partial charge >= 0.3 is 5.97 Å². The van der Waals surface area contributed by atoms with Crippen molar-refractivity contribution in [2.75, 3.05) is 40.5 Å². The van der Waals surface area contributed by atoms with Crippen molar-refractivity contribution in [1.29, 1.82) is 0 Å². The van der Waals surface area contributed by atoms with Gasteiger partial charge in [0.25, 0.3) is 5.91 Å². The second-order valence-corrected chi connectivity index (χ2v) is 4.50. The van der Waals surface area contributed by atoms with Gasteiger partial charge in [-0.15, -0.1) is 0 Å². The fourth-order valence-electron chi connectivity index (χ4n) is 2.00. The largest absolute Gasteiger partial charge is 0.469 e. The highest BCUT2D eigenvalue weighted by Gasteiger charge is 2.27. The molecule has 0 aromatic rings. The van der Waals surface area contributed by atoms with Crippen LogP contribution in [0.3, 0.4) is 0 Å². The lowest BCUT2D eigenvalue weighted by atomic mass is 10.1. The highest BCUT2D eigenvalue weighted by Crippen LogP contribution is 2.15. The van der Waals surface area contributed by atoms with Crippen LogP contribution < -0.4 is 0 Å². The molecule has 0 saturated carbocycles. The van der Waals surface area contributed by atoms with Gasteiger partial charge in [-0.25, -0.2) is 0 Å². The van der Waals surface area contributed by atoms with E-state index >= 15 is 0 Å². The molecule has 19 heavy (non-hydrogen) atoms. The minimum Gasteiger partial charge on any atom is -0.469 e. The van der Waals surface area contributed by atoms with E-state index in [-0.39, 0.29) is 24.4 Å². The fourth-order valence-corrected chi connectivity index (χ4v) is 2.00. The predicted molar refractivity (Wildman–Crippen MR) is 68.7 cm³/mol. The van der Waals surface area contributed by atoms with E-state index < -0.39 is 0 Å². The summed E-state index contributed by atoms with van der Waals surface area (Å²) in [6.45, 7) is 1.88. The first-order valence-electron chi connectivity index (χ1n) is 6.65. The lowest BCUT2D eigenvalue weighted by Gasteiger charge is -2.29. The van der Waals surface area contributed by atoms with E-state index in [1.54, 1.807) is 12.0 Å². The number of hydrogen-bond donors (Lipinski definition) is 0. The van der Waals surface area contributed by atoms with Crippen LogP contribution in [-0.4, -0.2) is 63.4 Å². The zero-order valence-electron chi connectivity index (χ0n) is 11.7. The van der Waals surface area contributed by atoms with Crippen LogP contribution in [0.25, 0.3) is 0 Å². The number of ether oxygens (including phenoxy) is 3. The van der Waals surface area contributed by atoms with Crippen LogP contribution in [-0.2, 0) is 23.8 Å². The fraction of sp³-hybridized carbons (Fsp3) is 0.846. The molecule has 0 aliphatic carbocycles. The molecule has 0 bridgehead atoms. The Morgan fingerprint density at radius 3 is 2.63 bits per heavy atom. The molecule has 0 spiro atoms. The van der Waals surface area contributed by atoms with E-state index in [1.165, 1.54) is 7.11 Å². The van der Waals surface area contributed by atoms with E-state index in [9.17, 15) is 9.59 Å².